The third kappa shape index (κ3) is 2.09. The fourth-order valence-corrected chi connectivity index (χ4v) is 1.91. The highest BCUT2D eigenvalue weighted by atomic mass is 32.1. The average molecular weight is 205 g/mol. The van der Waals surface area contributed by atoms with Crippen molar-refractivity contribution < 1.29 is 0 Å². The van der Waals surface area contributed by atoms with Crippen molar-refractivity contribution in [2.75, 3.05) is 5.32 Å². The van der Waals surface area contributed by atoms with Crippen molar-refractivity contribution in [3.8, 4) is 0 Å². The Morgan fingerprint density at radius 3 is 2.71 bits per heavy atom. The number of thiophene rings is 1. The monoisotopic (exact) mass is 205 g/mol. The standard InChI is InChI=1S/C10H11N3S/c1-8(9-4-2-7-14-9)13-10-11-5-3-6-12-10/h2-8H,1H3,(H,11,12,13)/t8-/m0/s1. The molecular weight excluding hydrogens is 194 g/mol. The first-order chi connectivity index (χ1) is 6.86. The quantitative estimate of drug-likeness (QED) is 0.837. The smallest absolute Gasteiger partial charge is 0.223 e. The molecule has 2 heterocycles. The molecular formula is C10H11N3S. The van der Waals surface area contributed by atoms with Crippen LogP contribution in [0.3, 0.4) is 0 Å². The van der Waals surface area contributed by atoms with Crippen molar-refractivity contribution in [3.63, 3.8) is 0 Å². The molecule has 3 nitrogen and oxygen atoms in total. The first kappa shape index (κ1) is 9.15. The highest BCUT2D eigenvalue weighted by Gasteiger charge is 2.06. The summed E-state index contributed by atoms with van der Waals surface area (Å²) in [4.78, 5) is 9.51. The van der Waals surface area contributed by atoms with E-state index >= 15 is 0 Å². The molecule has 0 bridgehead atoms. The first-order valence-corrected chi connectivity index (χ1v) is 5.31. The largest absolute Gasteiger partial charge is 0.347 e. The molecule has 2 aromatic heterocycles. The van der Waals surface area contributed by atoms with E-state index < -0.39 is 0 Å². The van der Waals surface area contributed by atoms with Crippen molar-refractivity contribution in [2.24, 2.45) is 0 Å². The van der Waals surface area contributed by atoms with Gasteiger partial charge in [0.2, 0.25) is 5.95 Å². The van der Waals surface area contributed by atoms with E-state index in [4.69, 9.17) is 0 Å². The lowest BCUT2D eigenvalue weighted by Gasteiger charge is -2.10. The van der Waals surface area contributed by atoms with Crippen LogP contribution in [0.4, 0.5) is 5.95 Å². The predicted octanol–water partition coefficient (Wildman–Crippen LogP) is 2.71. The van der Waals surface area contributed by atoms with Gasteiger partial charge in [0.05, 0.1) is 6.04 Å². The zero-order valence-electron chi connectivity index (χ0n) is 7.84. The Bertz CT molecular complexity index is 372. The number of nitrogens with zero attached hydrogens (tertiary/aromatic N) is 2. The maximum Gasteiger partial charge on any atom is 0.223 e. The van der Waals surface area contributed by atoms with Crippen LogP contribution < -0.4 is 5.32 Å². The van der Waals surface area contributed by atoms with Crippen molar-refractivity contribution in [3.05, 3.63) is 40.8 Å². The molecule has 0 spiro atoms. The summed E-state index contributed by atoms with van der Waals surface area (Å²) in [6, 6.07) is 6.22. The molecule has 4 heteroatoms. The minimum atomic E-state index is 0.261. The summed E-state index contributed by atoms with van der Waals surface area (Å²) in [5, 5.41) is 5.30. The fourth-order valence-electron chi connectivity index (χ4n) is 1.18. The van der Waals surface area contributed by atoms with Gasteiger partial charge in [-0.1, -0.05) is 6.07 Å². The summed E-state index contributed by atoms with van der Waals surface area (Å²) in [5.74, 6) is 0.674. The van der Waals surface area contributed by atoms with Gasteiger partial charge in [-0.05, 0) is 24.4 Å². The second-order valence-corrected chi connectivity index (χ2v) is 3.93. The molecule has 2 aromatic rings. The normalized spacial score (nSPS) is 12.4. The van der Waals surface area contributed by atoms with E-state index in [9.17, 15) is 0 Å². The summed E-state index contributed by atoms with van der Waals surface area (Å²) >= 11 is 1.73. The molecule has 0 aliphatic rings. The Morgan fingerprint density at radius 2 is 2.07 bits per heavy atom. The van der Waals surface area contributed by atoms with Crippen LogP contribution in [0.25, 0.3) is 0 Å². The molecule has 0 aliphatic carbocycles. The van der Waals surface area contributed by atoms with E-state index in [0.717, 1.165) is 0 Å². The molecule has 0 saturated carbocycles. The van der Waals surface area contributed by atoms with Crippen molar-refractivity contribution in [1.82, 2.24) is 9.97 Å². The van der Waals surface area contributed by atoms with Gasteiger partial charge in [-0.25, -0.2) is 9.97 Å². The predicted molar refractivity (Wildman–Crippen MR) is 58.4 cm³/mol. The minimum Gasteiger partial charge on any atom is -0.347 e. The van der Waals surface area contributed by atoms with Gasteiger partial charge < -0.3 is 5.32 Å². The van der Waals surface area contributed by atoms with Crippen molar-refractivity contribution >= 4 is 17.3 Å². The molecule has 0 fully saturated rings. The molecule has 0 saturated heterocycles. The Morgan fingerprint density at radius 1 is 1.29 bits per heavy atom. The zero-order valence-corrected chi connectivity index (χ0v) is 8.66. The molecule has 14 heavy (non-hydrogen) atoms. The number of nitrogens with one attached hydrogen (secondary N) is 1. The molecule has 2 rings (SSSR count). The van der Waals surface area contributed by atoms with Gasteiger partial charge in [0.25, 0.3) is 0 Å². The molecule has 1 atom stereocenters. The number of rotatable bonds is 3. The summed E-state index contributed by atoms with van der Waals surface area (Å²) in [6.07, 6.45) is 3.47. The second kappa shape index (κ2) is 4.19. The Kier molecular flexibility index (Phi) is 2.74. The summed E-state index contributed by atoms with van der Waals surface area (Å²) in [6.45, 7) is 2.10. The van der Waals surface area contributed by atoms with E-state index in [0.29, 0.717) is 5.95 Å². The van der Waals surface area contributed by atoms with E-state index in [1.54, 1.807) is 29.8 Å². The molecule has 0 radical (unpaired) electrons. The third-order valence-corrected chi connectivity index (χ3v) is 2.94. The molecule has 1 N–H and O–H groups in total. The zero-order chi connectivity index (χ0) is 9.80. The van der Waals surface area contributed by atoms with Crippen molar-refractivity contribution in [2.45, 2.75) is 13.0 Å². The SMILES string of the molecule is C[C@H](Nc1ncccn1)c1cccs1. The maximum atomic E-state index is 4.11. The van der Waals surface area contributed by atoms with Crippen LogP contribution in [0.15, 0.2) is 36.0 Å². The van der Waals surface area contributed by atoms with Crippen LogP contribution >= 0.6 is 11.3 Å². The van der Waals surface area contributed by atoms with Crippen LogP contribution in [-0.4, -0.2) is 9.97 Å². The summed E-state index contributed by atoms with van der Waals surface area (Å²) in [7, 11) is 0. The Labute approximate surface area is 86.8 Å². The highest BCUT2D eigenvalue weighted by Crippen LogP contribution is 2.20. The second-order valence-electron chi connectivity index (χ2n) is 2.95. The molecule has 0 aliphatic heterocycles. The van der Waals surface area contributed by atoms with Gasteiger partial charge in [0, 0.05) is 17.3 Å². The van der Waals surface area contributed by atoms with Crippen LogP contribution in [0.2, 0.25) is 0 Å². The lowest BCUT2D eigenvalue weighted by molar-refractivity contribution is 0.880. The molecule has 0 amide bonds. The van der Waals surface area contributed by atoms with Crippen LogP contribution in [0.5, 0.6) is 0 Å². The molecule has 72 valence electrons. The third-order valence-electron chi connectivity index (χ3n) is 1.88. The van der Waals surface area contributed by atoms with Gasteiger partial charge in [-0.15, -0.1) is 11.3 Å². The van der Waals surface area contributed by atoms with Gasteiger partial charge in [0.15, 0.2) is 0 Å². The van der Waals surface area contributed by atoms with E-state index in [2.05, 4.69) is 33.7 Å². The van der Waals surface area contributed by atoms with E-state index in [1.165, 1.54) is 4.88 Å². The van der Waals surface area contributed by atoms with Crippen LogP contribution in [-0.2, 0) is 0 Å². The van der Waals surface area contributed by atoms with Gasteiger partial charge in [0.1, 0.15) is 0 Å². The number of aromatic nitrogens is 2. The first-order valence-electron chi connectivity index (χ1n) is 4.43. The van der Waals surface area contributed by atoms with E-state index in [-0.39, 0.29) is 6.04 Å². The lowest BCUT2D eigenvalue weighted by Crippen LogP contribution is -2.07. The molecule has 0 unspecified atom stereocenters. The van der Waals surface area contributed by atoms with Gasteiger partial charge in [-0.3, -0.25) is 0 Å². The molecule has 0 aromatic carbocycles. The van der Waals surface area contributed by atoms with Crippen LogP contribution in [0.1, 0.15) is 17.8 Å². The topological polar surface area (TPSA) is 37.8 Å². The van der Waals surface area contributed by atoms with Gasteiger partial charge >= 0.3 is 0 Å². The average Bonchev–Trinajstić information content (AvgIpc) is 2.72. The Balaban J connectivity index is 2.06. The van der Waals surface area contributed by atoms with Gasteiger partial charge in [-0.2, -0.15) is 0 Å². The van der Waals surface area contributed by atoms with Crippen LogP contribution in [0, 0.1) is 0 Å². The Hall–Kier alpha value is -1.42. The number of hydrogen-bond acceptors (Lipinski definition) is 4. The summed E-state index contributed by atoms with van der Waals surface area (Å²) in [5.41, 5.74) is 0. The number of anilines is 1. The maximum absolute atomic E-state index is 4.11. The minimum absolute atomic E-state index is 0.261. The highest BCUT2D eigenvalue weighted by molar-refractivity contribution is 7.10. The van der Waals surface area contributed by atoms with E-state index in [1.807, 2.05) is 6.07 Å². The summed E-state index contributed by atoms with van der Waals surface area (Å²) < 4.78 is 0. The lowest BCUT2D eigenvalue weighted by atomic mass is 10.3. The van der Waals surface area contributed by atoms with Crippen molar-refractivity contribution in [1.29, 1.82) is 0 Å². The fraction of sp³-hybridized carbons (Fsp3) is 0.200. The number of hydrogen-bond donors (Lipinski definition) is 1.